The van der Waals surface area contributed by atoms with Gasteiger partial charge in [-0.1, -0.05) is 61.8 Å². The zero-order valence-electron chi connectivity index (χ0n) is 12.1. The maximum Gasteiger partial charge on any atom is 0.0831 e. The number of halogens is 1. The molecule has 0 aliphatic rings. The largest absolute Gasteiger partial charge is 0.388 e. The van der Waals surface area contributed by atoms with Crippen molar-refractivity contribution < 1.29 is 5.11 Å². The average molecular weight is 289 g/mol. The lowest BCUT2D eigenvalue weighted by atomic mass is 9.95. The van der Waals surface area contributed by atoms with Crippen LogP contribution in [-0.4, -0.2) is 5.11 Å². The maximum atomic E-state index is 10.4. The van der Waals surface area contributed by atoms with Gasteiger partial charge >= 0.3 is 0 Å². The second-order valence-electron chi connectivity index (χ2n) is 5.05. The summed E-state index contributed by atoms with van der Waals surface area (Å²) in [6, 6.07) is 14.0. The molecule has 0 aliphatic carbocycles. The molecule has 0 aromatic heterocycles. The average Bonchev–Trinajstić information content (AvgIpc) is 2.48. The molecule has 106 valence electrons. The normalized spacial score (nSPS) is 12.4. The van der Waals surface area contributed by atoms with E-state index >= 15 is 0 Å². The topological polar surface area (TPSA) is 20.2 Å². The molecule has 0 aliphatic heterocycles. The summed E-state index contributed by atoms with van der Waals surface area (Å²) in [7, 11) is 0. The highest BCUT2D eigenvalue weighted by atomic mass is 35.5. The fraction of sp³-hybridized carbons (Fsp3) is 0.333. The molecule has 2 aromatic carbocycles. The summed E-state index contributed by atoms with van der Waals surface area (Å²) < 4.78 is 0. The van der Waals surface area contributed by atoms with E-state index in [-0.39, 0.29) is 0 Å². The quantitative estimate of drug-likeness (QED) is 0.842. The van der Waals surface area contributed by atoms with Crippen molar-refractivity contribution in [1.29, 1.82) is 0 Å². The van der Waals surface area contributed by atoms with Crippen molar-refractivity contribution in [2.45, 2.75) is 39.2 Å². The molecule has 1 unspecified atom stereocenters. The van der Waals surface area contributed by atoms with Gasteiger partial charge < -0.3 is 5.11 Å². The van der Waals surface area contributed by atoms with Gasteiger partial charge in [-0.3, -0.25) is 0 Å². The first kappa shape index (κ1) is 15.1. The Balaban J connectivity index is 2.21. The third kappa shape index (κ3) is 3.41. The summed E-state index contributed by atoms with van der Waals surface area (Å²) in [4.78, 5) is 0. The number of aliphatic hydroxyl groups excluding tert-OH is 1. The fourth-order valence-corrected chi connectivity index (χ4v) is 2.73. The van der Waals surface area contributed by atoms with E-state index in [4.69, 9.17) is 11.6 Å². The predicted molar refractivity (Wildman–Crippen MR) is 85.3 cm³/mol. The first-order valence-corrected chi connectivity index (χ1v) is 7.56. The molecule has 0 amide bonds. The lowest BCUT2D eigenvalue weighted by Crippen LogP contribution is -2.04. The second-order valence-corrected chi connectivity index (χ2v) is 5.45. The van der Waals surface area contributed by atoms with Gasteiger partial charge in [-0.25, -0.2) is 0 Å². The van der Waals surface area contributed by atoms with Crippen molar-refractivity contribution in [3.8, 4) is 0 Å². The molecule has 0 spiro atoms. The molecule has 0 heterocycles. The monoisotopic (exact) mass is 288 g/mol. The minimum Gasteiger partial charge on any atom is -0.388 e. The Morgan fingerprint density at radius 1 is 0.950 bits per heavy atom. The Labute approximate surface area is 126 Å². The van der Waals surface area contributed by atoms with Gasteiger partial charge in [0.15, 0.2) is 0 Å². The third-order valence-corrected chi connectivity index (χ3v) is 4.12. The van der Waals surface area contributed by atoms with Crippen molar-refractivity contribution in [1.82, 2.24) is 0 Å². The van der Waals surface area contributed by atoms with E-state index in [0.717, 1.165) is 24.0 Å². The standard InChI is InChI=1S/C18H21ClO/c1-3-13-9-10-16(11-14(13)4-2)18(20)12-15-7-5-6-8-17(15)19/h5-11,18,20H,3-4,12H2,1-2H3. The number of aryl methyl sites for hydroxylation is 2. The van der Waals surface area contributed by atoms with Gasteiger partial charge in [0.2, 0.25) is 0 Å². The summed E-state index contributed by atoms with van der Waals surface area (Å²) in [5.41, 5.74) is 4.64. The van der Waals surface area contributed by atoms with Crippen molar-refractivity contribution in [2.75, 3.05) is 0 Å². The third-order valence-electron chi connectivity index (χ3n) is 3.75. The SMILES string of the molecule is CCc1ccc(C(O)Cc2ccccc2Cl)cc1CC. The zero-order valence-corrected chi connectivity index (χ0v) is 12.8. The number of hydrogen-bond acceptors (Lipinski definition) is 1. The Hall–Kier alpha value is -1.31. The van der Waals surface area contributed by atoms with E-state index in [9.17, 15) is 5.11 Å². The maximum absolute atomic E-state index is 10.4. The number of aliphatic hydroxyl groups is 1. The highest BCUT2D eigenvalue weighted by molar-refractivity contribution is 6.31. The van der Waals surface area contributed by atoms with Crippen LogP contribution in [0.15, 0.2) is 42.5 Å². The van der Waals surface area contributed by atoms with Gasteiger partial charge in [0.1, 0.15) is 0 Å². The van der Waals surface area contributed by atoms with Crippen LogP contribution >= 0.6 is 11.6 Å². The number of rotatable bonds is 5. The van der Waals surface area contributed by atoms with Crippen LogP contribution in [0.25, 0.3) is 0 Å². The first-order chi connectivity index (χ1) is 9.65. The molecule has 20 heavy (non-hydrogen) atoms. The van der Waals surface area contributed by atoms with E-state index in [1.54, 1.807) is 0 Å². The Morgan fingerprint density at radius 2 is 1.65 bits per heavy atom. The van der Waals surface area contributed by atoms with Crippen molar-refractivity contribution in [3.05, 3.63) is 69.7 Å². The molecule has 2 rings (SSSR count). The summed E-state index contributed by atoms with van der Waals surface area (Å²) in [5.74, 6) is 0. The van der Waals surface area contributed by atoms with Gasteiger partial charge in [-0.15, -0.1) is 0 Å². The highest BCUT2D eigenvalue weighted by Crippen LogP contribution is 2.25. The summed E-state index contributed by atoms with van der Waals surface area (Å²) >= 11 is 6.15. The van der Waals surface area contributed by atoms with Crippen molar-refractivity contribution >= 4 is 11.6 Å². The smallest absolute Gasteiger partial charge is 0.0831 e. The second kappa shape index (κ2) is 6.92. The van der Waals surface area contributed by atoms with E-state index < -0.39 is 6.10 Å². The Bertz CT molecular complexity index is 577. The minimum absolute atomic E-state index is 0.508. The van der Waals surface area contributed by atoms with Gasteiger partial charge in [0.25, 0.3) is 0 Å². The molecule has 2 aromatic rings. The van der Waals surface area contributed by atoms with Crippen LogP contribution < -0.4 is 0 Å². The Morgan fingerprint density at radius 3 is 2.30 bits per heavy atom. The summed E-state index contributed by atoms with van der Waals surface area (Å²) in [6.45, 7) is 4.31. The molecule has 0 fully saturated rings. The van der Waals surface area contributed by atoms with Crippen LogP contribution in [0.4, 0.5) is 0 Å². The Kier molecular flexibility index (Phi) is 5.22. The van der Waals surface area contributed by atoms with Crippen LogP contribution in [0.3, 0.4) is 0 Å². The van der Waals surface area contributed by atoms with Crippen LogP contribution in [0.5, 0.6) is 0 Å². The summed E-state index contributed by atoms with van der Waals surface area (Å²) in [5, 5.41) is 11.1. The number of hydrogen-bond donors (Lipinski definition) is 1. The molecular weight excluding hydrogens is 268 g/mol. The fourth-order valence-electron chi connectivity index (χ4n) is 2.52. The highest BCUT2D eigenvalue weighted by Gasteiger charge is 2.12. The molecule has 2 heteroatoms. The van der Waals surface area contributed by atoms with E-state index in [1.165, 1.54) is 11.1 Å². The van der Waals surface area contributed by atoms with Crippen molar-refractivity contribution in [2.24, 2.45) is 0 Å². The zero-order chi connectivity index (χ0) is 14.5. The molecular formula is C18H21ClO. The van der Waals surface area contributed by atoms with Gasteiger partial charge in [0.05, 0.1) is 6.10 Å². The van der Waals surface area contributed by atoms with Gasteiger partial charge in [-0.05, 0) is 41.2 Å². The van der Waals surface area contributed by atoms with Crippen LogP contribution in [-0.2, 0) is 19.3 Å². The molecule has 0 radical (unpaired) electrons. The predicted octanol–water partition coefficient (Wildman–Crippen LogP) is 4.74. The van der Waals surface area contributed by atoms with Crippen LogP contribution in [0.2, 0.25) is 5.02 Å². The van der Waals surface area contributed by atoms with E-state index in [2.05, 4.69) is 26.0 Å². The lowest BCUT2D eigenvalue weighted by Gasteiger charge is -2.15. The molecule has 1 N–H and O–H groups in total. The van der Waals surface area contributed by atoms with E-state index in [1.807, 2.05) is 30.3 Å². The van der Waals surface area contributed by atoms with Crippen molar-refractivity contribution in [3.63, 3.8) is 0 Å². The molecule has 1 atom stereocenters. The summed E-state index contributed by atoms with van der Waals surface area (Å²) in [6.07, 6.45) is 2.07. The minimum atomic E-state index is -0.508. The van der Waals surface area contributed by atoms with Gasteiger partial charge in [-0.2, -0.15) is 0 Å². The first-order valence-electron chi connectivity index (χ1n) is 7.18. The molecule has 0 saturated heterocycles. The number of benzene rings is 2. The molecule has 1 nitrogen and oxygen atoms in total. The molecule has 0 saturated carbocycles. The van der Waals surface area contributed by atoms with Crippen LogP contribution in [0.1, 0.15) is 42.2 Å². The lowest BCUT2D eigenvalue weighted by molar-refractivity contribution is 0.178. The van der Waals surface area contributed by atoms with Crippen LogP contribution in [0, 0.1) is 0 Å². The molecule has 0 bridgehead atoms. The van der Waals surface area contributed by atoms with Gasteiger partial charge in [0, 0.05) is 11.4 Å². The van der Waals surface area contributed by atoms with E-state index in [0.29, 0.717) is 11.4 Å².